The molecule has 4 nitrogen and oxygen atoms in total. The molecule has 0 bridgehead atoms. The van der Waals surface area contributed by atoms with E-state index in [4.69, 9.17) is 11.2 Å². The maximum absolute atomic E-state index is 12.9. The van der Waals surface area contributed by atoms with Gasteiger partial charge in [-0.25, -0.2) is 0 Å². The molecular weight excluding hydrogens is 357 g/mol. The van der Waals surface area contributed by atoms with Crippen molar-refractivity contribution in [3.05, 3.63) is 29.8 Å². The molecule has 1 heterocycles. The van der Waals surface area contributed by atoms with Crippen molar-refractivity contribution in [2.24, 2.45) is 0 Å². The van der Waals surface area contributed by atoms with Crippen LogP contribution in [0.4, 0.5) is 18.9 Å². The van der Waals surface area contributed by atoms with Gasteiger partial charge in [0.1, 0.15) is 0 Å². The summed E-state index contributed by atoms with van der Waals surface area (Å²) in [5.41, 5.74) is -0.535. The Morgan fingerprint density at radius 1 is 1.22 bits per heavy atom. The van der Waals surface area contributed by atoms with Crippen molar-refractivity contribution in [3.63, 3.8) is 0 Å². The van der Waals surface area contributed by atoms with Gasteiger partial charge in [0.2, 0.25) is 0 Å². The van der Waals surface area contributed by atoms with Crippen LogP contribution in [0.25, 0.3) is 0 Å². The van der Waals surface area contributed by atoms with E-state index in [1.54, 1.807) is 6.07 Å². The van der Waals surface area contributed by atoms with E-state index < -0.39 is 23.4 Å². The standard InChI is InChI=1S/C20H27F3N2O2/c1-4-8-19(2,3)27-15-18(26)14-24-9-11-25(12-10-24)17-7-5-6-16(13-17)20(21,22)23/h1,5-7,13,18,26H,8-12,14-15H2,2-3H3/t18-/m0/s1. The van der Waals surface area contributed by atoms with E-state index in [-0.39, 0.29) is 6.61 Å². The third-order valence-electron chi connectivity index (χ3n) is 4.57. The number of halogens is 3. The molecule has 0 unspecified atom stereocenters. The van der Waals surface area contributed by atoms with Crippen molar-refractivity contribution in [1.82, 2.24) is 4.90 Å². The molecule has 1 fully saturated rings. The number of ether oxygens (including phenoxy) is 1. The highest BCUT2D eigenvalue weighted by Crippen LogP contribution is 2.31. The number of hydrogen-bond donors (Lipinski definition) is 1. The number of β-amino-alcohol motifs (C(OH)–C–C–N with tert-alkyl or cyclic N) is 1. The monoisotopic (exact) mass is 384 g/mol. The fraction of sp³-hybridized carbons (Fsp3) is 0.600. The van der Waals surface area contributed by atoms with Gasteiger partial charge in [-0.3, -0.25) is 4.90 Å². The Morgan fingerprint density at radius 2 is 1.89 bits per heavy atom. The van der Waals surface area contributed by atoms with Crippen molar-refractivity contribution in [2.75, 3.05) is 44.2 Å². The van der Waals surface area contributed by atoms with Crippen molar-refractivity contribution in [1.29, 1.82) is 0 Å². The van der Waals surface area contributed by atoms with Crippen LogP contribution < -0.4 is 4.90 Å². The quantitative estimate of drug-likeness (QED) is 0.734. The van der Waals surface area contributed by atoms with Gasteiger partial charge >= 0.3 is 6.18 Å². The van der Waals surface area contributed by atoms with Crippen LogP contribution in [0.3, 0.4) is 0 Å². The van der Waals surface area contributed by atoms with Crippen LogP contribution in [0, 0.1) is 12.3 Å². The Hall–Kier alpha value is -1.75. The van der Waals surface area contributed by atoms with Gasteiger partial charge < -0.3 is 14.7 Å². The first-order valence-corrected chi connectivity index (χ1v) is 9.01. The van der Waals surface area contributed by atoms with Gasteiger partial charge in [-0.05, 0) is 32.0 Å². The normalized spacial score (nSPS) is 17.6. The fourth-order valence-corrected chi connectivity index (χ4v) is 3.04. The molecule has 1 aliphatic rings. The lowest BCUT2D eigenvalue weighted by atomic mass is 10.1. The molecule has 7 heteroatoms. The van der Waals surface area contributed by atoms with Gasteiger partial charge in [0.25, 0.3) is 0 Å². The third-order valence-corrected chi connectivity index (χ3v) is 4.57. The van der Waals surface area contributed by atoms with Gasteiger partial charge in [-0.2, -0.15) is 13.2 Å². The number of nitrogens with zero attached hydrogens (tertiary/aromatic N) is 2. The molecule has 0 radical (unpaired) electrons. The van der Waals surface area contributed by atoms with Crippen LogP contribution in [-0.4, -0.2) is 61.0 Å². The van der Waals surface area contributed by atoms with E-state index in [1.165, 1.54) is 12.1 Å². The van der Waals surface area contributed by atoms with E-state index in [0.717, 1.165) is 6.07 Å². The smallest absolute Gasteiger partial charge is 0.389 e. The lowest BCUT2D eigenvalue weighted by molar-refractivity contribution is -0.137. The summed E-state index contributed by atoms with van der Waals surface area (Å²) >= 11 is 0. The van der Waals surface area contributed by atoms with Crippen LogP contribution in [0.1, 0.15) is 25.8 Å². The van der Waals surface area contributed by atoms with Crippen LogP contribution in [0.5, 0.6) is 0 Å². The number of alkyl halides is 3. The summed E-state index contributed by atoms with van der Waals surface area (Å²) in [5, 5.41) is 10.2. The largest absolute Gasteiger partial charge is 0.416 e. The highest BCUT2D eigenvalue weighted by molar-refractivity contribution is 5.49. The molecule has 0 aliphatic carbocycles. The van der Waals surface area contributed by atoms with E-state index in [9.17, 15) is 18.3 Å². The molecule has 0 spiro atoms. The number of anilines is 1. The minimum Gasteiger partial charge on any atom is -0.389 e. The number of rotatable bonds is 7. The zero-order chi connectivity index (χ0) is 20.1. The average Bonchev–Trinajstić information content (AvgIpc) is 2.60. The second-order valence-corrected chi connectivity index (χ2v) is 7.44. The zero-order valence-corrected chi connectivity index (χ0v) is 15.8. The molecular formula is C20H27F3N2O2. The van der Waals surface area contributed by atoms with Crippen LogP contribution in [-0.2, 0) is 10.9 Å². The number of terminal acetylenes is 1. The molecule has 1 aromatic rings. The summed E-state index contributed by atoms with van der Waals surface area (Å²) < 4.78 is 44.3. The van der Waals surface area contributed by atoms with Crippen molar-refractivity contribution in [3.8, 4) is 12.3 Å². The Morgan fingerprint density at radius 3 is 2.48 bits per heavy atom. The predicted molar refractivity (Wildman–Crippen MR) is 99.6 cm³/mol. The highest BCUT2D eigenvalue weighted by atomic mass is 19.4. The van der Waals surface area contributed by atoms with Crippen molar-refractivity contribution in [2.45, 2.75) is 38.1 Å². The SMILES string of the molecule is C#CCC(C)(C)OC[C@@H](O)CN1CCN(c2cccc(C(F)(F)F)c2)CC1. The molecule has 1 N–H and O–H groups in total. The molecule has 1 saturated heterocycles. The summed E-state index contributed by atoms with van der Waals surface area (Å²) in [6, 6.07) is 5.40. The molecule has 1 atom stereocenters. The number of benzene rings is 1. The molecule has 27 heavy (non-hydrogen) atoms. The predicted octanol–water partition coefficient (Wildman–Crippen LogP) is 3.01. The summed E-state index contributed by atoms with van der Waals surface area (Å²) in [6.07, 6.45) is 0.789. The van der Waals surface area contributed by atoms with E-state index in [0.29, 0.717) is 44.8 Å². The summed E-state index contributed by atoms with van der Waals surface area (Å²) in [6.45, 7) is 6.98. The van der Waals surface area contributed by atoms with Crippen molar-refractivity contribution < 1.29 is 23.0 Å². The second-order valence-electron chi connectivity index (χ2n) is 7.44. The lowest BCUT2D eigenvalue weighted by Crippen LogP contribution is -2.49. The molecule has 2 rings (SSSR count). The highest BCUT2D eigenvalue weighted by Gasteiger charge is 2.31. The topological polar surface area (TPSA) is 35.9 Å². The lowest BCUT2D eigenvalue weighted by Gasteiger charge is -2.37. The number of hydrogen-bond acceptors (Lipinski definition) is 4. The number of aliphatic hydroxyl groups is 1. The third kappa shape index (κ3) is 6.73. The Balaban J connectivity index is 1.81. The van der Waals surface area contributed by atoms with E-state index in [2.05, 4.69) is 10.8 Å². The van der Waals surface area contributed by atoms with E-state index >= 15 is 0 Å². The van der Waals surface area contributed by atoms with Gasteiger partial charge in [0, 0.05) is 44.8 Å². The molecule has 0 amide bonds. The Labute approximate surface area is 158 Å². The Bertz CT molecular complexity index is 647. The van der Waals surface area contributed by atoms with Crippen molar-refractivity contribution >= 4 is 5.69 Å². The van der Waals surface area contributed by atoms with Gasteiger partial charge in [-0.15, -0.1) is 12.3 Å². The first kappa shape index (κ1) is 21.5. The van der Waals surface area contributed by atoms with Gasteiger partial charge in [0.05, 0.1) is 23.9 Å². The van der Waals surface area contributed by atoms with Crippen LogP contribution >= 0.6 is 0 Å². The summed E-state index contributed by atoms with van der Waals surface area (Å²) in [7, 11) is 0. The maximum Gasteiger partial charge on any atom is 0.416 e. The fourth-order valence-electron chi connectivity index (χ4n) is 3.04. The molecule has 1 aliphatic heterocycles. The first-order valence-electron chi connectivity index (χ1n) is 9.01. The number of piperazine rings is 1. The van der Waals surface area contributed by atoms with Gasteiger partial charge in [-0.1, -0.05) is 6.07 Å². The first-order chi connectivity index (χ1) is 12.6. The Kier molecular flexibility index (Phi) is 7.15. The minimum absolute atomic E-state index is 0.197. The molecule has 0 saturated carbocycles. The van der Waals surface area contributed by atoms with Crippen LogP contribution in [0.2, 0.25) is 0 Å². The van der Waals surface area contributed by atoms with E-state index in [1.807, 2.05) is 18.7 Å². The summed E-state index contributed by atoms with van der Waals surface area (Å²) in [5.74, 6) is 2.55. The molecule has 150 valence electrons. The van der Waals surface area contributed by atoms with Gasteiger partial charge in [0.15, 0.2) is 0 Å². The average molecular weight is 384 g/mol. The molecule has 0 aromatic heterocycles. The second kappa shape index (κ2) is 8.96. The molecule has 1 aromatic carbocycles. The summed E-state index contributed by atoms with van der Waals surface area (Å²) in [4.78, 5) is 4.02. The number of aliphatic hydroxyl groups excluding tert-OH is 1. The zero-order valence-electron chi connectivity index (χ0n) is 15.8. The maximum atomic E-state index is 12.9. The van der Waals surface area contributed by atoms with Crippen LogP contribution in [0.15, 0.2) is 24.3 Å². The minimum atomic E-state index is -4.34.